The van der Waals surface area contributed by atoms with E-state index in [1.54, 1.807) is 38.1 Å². The SMILES string of the molecule is CC(=O)C1=C(O)C(C(C)C)[C@@]2(C)C[C@@]3(C)Cc4c(C(C)C)cc(CCCC(=O)c5ccccc5)c(O)c4C(=O)C3=C(O)[C@@]2(O)C1=O. The zero-order chi connectivity index (χ0) is 34.1. The molecule has 1 unspecified atom stereocenters. The molecule has 3 aliphatic rings. The smallest absolute Gasteiger partial charge is 0.209 e. The van der Waals surface area contributed by atoms with Crippen molar-refractivity contribution in [2.45, 2.75) is 92.1 Å². The third-order valence-electron chi connectivity index (χ3n) is 10.7. The van der Waals surface area contributed by atoms with Crippen molar-refractivity contribution in [2.24, 2.45) is 22.7 Å². The highest BCUT2D eigenvalue weighted by molar-refractivity contribution is 6.25. The Hall–Kier alpha value is -4.04. The molecule has 2 aromatic rings. The zero-order valence-corrected chi connectivity index (χ0v) is 27.7. The van der Waals surface area contributed by atoms with Crippen molar-refractivity contribution in [3.63, 3.8) is 0 Å². The predicted octanol–water partition coefficient (Wildman–Crippen LogP) is 6.68. The van der Waals surface area contributed by atoms with E-state index in [1.807, 2.05) is 39.8 Å². The van der Waals surface area contributed by atoms with E-state index in [9.17, 15) is 39.6 Å². The minimum atomic E-state index is -2.65. The Labute approximate surface area is 269 Å². The summed E-state index contributed by atoms with van der Waals surface area (Å²) < 4.78 is 0. The van der Waals surface area contributed by atoms with Crippen LogP contribution < -0.4 is 0 Å². The molecule has 3 aliphatic carbocycles. The van der Waals surface area contributed by atoms with Crippen LogP contribution in [0.2, 0.25) is 0 Å². The molecule has 8 nitrogen and oxygen atoms in total. The number of carbonyl (C=O) groups is 4. The van der Waals surface area contributed by atoms with Crippen LogP contribution in [0.1, 0.15) is 111 Å². The maximum atomic E-state index is 14.5. The van der Waals surface area contributed by atoms with Gasteiger partial charge in [-0.05, 0) is 61.1 Å². The monoisotopic (exact) mass is 628 g/mol. The highest BCUT2D eigenvalue weighted by Crippen LogP contribution is 2.65. The van der Waals surface area contributed by atoms with E-state index in [4.69, 9.17) is 0 Å². The van der Waals surface area contributed by atoms with Gasteiger partial charge in [0.25, 0.3) is 0 Å². The number of carbonyl (C=O) groups excluding carboxylic acids is 4. The van der Waals surface area contributed by atoms with Gasteiger partial charge in [0, 0.05) is 34.3 Å². The van der Waals surface area contributed by atoms with Crippen LogP contribution in [0, 0.1) is 22.7 Å². The highest BCUT2D eigenvalue weighted by Gasteiger charge is 2.71. The van der Waals surface area contributed by atoms with Gasteiger partial charge in [-0.2, -0.15) is 0 Å². The first kappa shape index (κ1) is 33.3. The molecule has 2 aromatic carbocycles. The van der Waals surface area contributed by atoms with Crippen LogP contribution in [0.4, 0.5) is 0 Å². The zero-order valence-electron chi connectivity index (χ0n) is 27.7. The number of ketones is 4. The van der Waals surface area contributed by atoms with Crippen LogP contribution in [0.5, 0.6) is 5.75 Å². The summed E-state index contributed by atoms with van der Waals surface area (Å²) in [4.78, 5) is 53.8. The summed E-state index contributed by atoms with van der Waals surface area (Å²) in [7, 11) is 0. The Kier molecular flexibility index (Phi) is 8.21. The summed E-state index contributed by atoms with van der Waals surface area (Å²) in [6, 6.07) is 10.8. The predicted molar refractivity (Wildman–Crippen MR) is 173 cm³/mol. The van der Waals surface area contributed by atoms with E-state index in [-0.39, 0.29) is 53.8 Å². The minimum Gasteiger partial charge on any atom is -0.511 e. The van der Waals surface area contributed by atoms with Gasteiger partial charge in [-0.25, -0.2) is 0 Å². The summed E-state index contributed by atoms with van der Waals surface area (Å²) in [6.45, 7) is 12.2. The first-order valence-electron chi connectivity index (χ1n) is 16.1. The van der Waals surface area contributed by atoms with Crippen LogP contribution >= 0.6 is 0 Å². The molecule has 46 heavy (non-hydrogen) atoms. The molecular weight excluding hydrogens is 584 g/mol. The molecule has 0 bridgehead atoms. The third-order valence-corrected chi connectivity index (χ3v) is 10.7. The number of benzene rings is 2. The van der Waals surface area contributed by atoms with Crippen molar-refractivity contribution in [2.75, 3.05) is 0 Å². The molecule has 5 rings (SSSR count). The summed E-state index contributed by atoms with van der Waals surface area (Å²) >= 11 is 0. The molecule has 0 aliphatic heterocycles. The molecule has 4 atom stereocenters. The largest absolute Gasteiger partial charge is 0.511 e. The lowest BCUT2D eigenvalue weighted by molar-refractivity contribution is -0.171. The number of aliphatic hydroxyl groups is 3. The van der Waals surface area contributed by atoms with E-state index in [2.05, 4.69) is 0 Å². The number of hydrogen-bond donors (Lipinski definition) is 4. The number of aliphatic hydroxyl groups excluding tert-OH is 2. The van der Waals surface area contributed by atoms with Crippen molar-refractivity contribution in [1.29, 1.82) is 0 Å². The van der Waals surface area contributed by atoms with Gasteiger partial charge in [0.1, 0.15) is 22.8 Å². The lowest BCUT2D eigenvalue weighted by Crippen LogP contribution is -2.67. The molecule has 8 heteroatoms. The second kappa shape index (κ2) is 11.3. The van der Waals surface area contributed by atoms with Gasteiger partial charge in [-0.3, -0.25) is 19.2 Å². The number of aromatic hydroxyl groups is 1. The quantitative estimate of drug-likeness (QED) is 0.187. The molecule has 0 aromatic heterocycles. The first-order chi connectivity index (χ1) is 21.4. The second-order valence-electron chi connectivity index (χ2n) is 14.6. The van der Waals surface area contributed by atoms with E-state index >= 15 is 0 Å². The number of phenols is 1. The molecule has 244 valence electrons. The number of phenolic OH excluding ortho intramolecular Hbond substituents is 1. The van der Waals surface area contributed by atoms with Crippen LogP contribution in [0.15, 0.2) is 59.1 Å². The Morgan fingerprint density at radius 2 is 1.63 bits per heavy atom. The van der Waals surface area contributed by atoms with Gasteiger partial charge in [0.05, 0.1) is 5.56 Å². The lowest BCUT2D eigenvalue weighted by Gasteiger charge is -2.59. The van der Waals surface area contributed by atoms with Gasteiger partial charge in [-0.15, -0.1) is 0 Å². The Morgan fingerprint density at radius 1 is 1.00 bits per heavy atom. The topological polar surface area (TPSA) is 149 Å². The summed E-state index contributed by atoms with van der Waals surface area (Å²) in [5.41, 5.74) is -3.30. The van der Waals surface area contributed by atoms with Crippen LogP contribution in [-0.2, 0) is 22.4 Å². The van der Waals surface area contributed by atoms with Crippen LogP contribution in [0.25, 0.3) is 0 Å². The summed E-state index contributed by atoms with van der Waals surface area (Å²) in [5, 5.41) is 47.1. The summed E-state index contributed by atoms with van der Waals surface area (Å²) in [5.74, 6) is -5.30. The van der Waals surface area contributed by atoms with Crippen molar-refractivity contribution in [1.82, 2.24) is 0 Å². The van der Waals surface area contributed by atoms with Gasteiger partial charge in [-0.1, -0.05) is 77.9 Å². The standard InChI is InChI=1S/C38H44O8/c1-19(2)24-16-23(14-11-15-26(40)22-12-9-8-10-13-22)31(41)28-25(24)17-36(6)18-37(7)29(20(3)4)32(42)27(21(5)39)34(44)38(37,46)35(45)30(36)33(28)43/h8-10,12-13,16,19-20,29,41-42,45-46H,11,14-15,17-18H2,1-7H3/t29?,36-,37-,38+/m1/s1. The second-order valence-corrected chi connectivity index (χ2v) is 14.6. The molecule has 0 saturated heterocycles. The van der Waals surface area contributed by atoms with Gasteiger partial charge < -0.3 is 20.4 Å². The van der Waals surface area contributed by atoms with Crippen molar-refractivity contribution in [3.8, 4) is 5.75 Å². The fourth-order valence-electron chi connectivity index (χ4n) is 8.80. The molecule has 0 spiro atoms. The molecule has 0 saturated carbocycles. The molecular formula is C38H44O8. The maximum Gasteiger partial charge on any atom is 0.209 e. The van der Waals surface area contributed by atoms with Crippen molar-refractivity contribution >= 4 is 23.1 Å². The maximum absolute atomic E-state index is 14.5. The normalized spacial score (nSPS) is 27.6. The van der Waals surface area contributed by atoms with Gasteiger partial charge >= 0.3 is 0 Å². The van der Waals surface area contributed by atoms with Crippen molar-refractivity contribution < 1.29 is 39.6 Å². The molecule has 0 heterocycles. The highest BCUT2D eigenvalue weighted by atomic mass is 16.3. The average Bonchev–Trinajstić information content (AvgIpc) is 2.95. The number of allylic oxidation sites excluding steroid dienone is 2. The van der Waals surface area contributed by atoms with E-state index in [0.717, 1.165) is 12.5 Å². The number of Topliss-reactive ketones (excluding diaryl/α,β-unsaturated/α-hetero) is 4. The number of rotatable bonds is 8. The molecule has 0 fully saturated rings. The summed E-state index contributed by atoms with van der Waals surface area (Å²) in [6.07, 6.45) is 1.29. The number of hydrogen-bond acceptors (Lipinski definition) is 8. The third kappa shape index (κ3) is 4.67. The van der Waals surface area contributed by atoms with E-state index in [0.29, 0.717) is 29.5 Å². The molecule has 4 N–H and O–H groups in total. The average molecular weight is 629 g/mol. The number of aryl methyl sites for hydroxylation is 1. The number of fused-ring (bicyclic) bond motifs is 3. The lowest BCUT2D eigenvalue weighted by atomic mass is 9.44. The fraction of sp³-hybridized carbons (Fsp3) is 0.474. The minimum absolute atomic E-state index is 0.0237. The van der Waals surface area contributed by atoms with Gasteiger partial charge in [0.2, 0.25) is 5.78 Å². The van der Waals surface area contributed by atoms with Crippen LogP contribution in [0.3, 0.4) is 0 Å². The Morgan fingerprint density at radius 3 is 2.20 bits per heavy atom. The van der Waals surface area contributed by atoms with Crippen LogP contribution in [-0.4, -0.2) is 49.2 Å². The van der Waals surface area contributed by atoms with Gasteiger partial charge in [0.15, 0.2) is 23.0 Å². The van der Waals surface area contributed by atoms with E-state index < -0.39 is 56.8 Å². The molecule has 0 amide bonds. The Balaban J connectivity index is 1.64. The van der Waals surface area contributed by atoms with Crippen molar-refractivity contribution in [3.05, 3.63) is 86.9 Å². The van der Waals surface area contributed by atoms with E-state index in [1.165, 1.54) is 0 Å². The fourth-order valence-corrected chi connectivity index (χ4v) is 8.80. The Bertz CT molecular complexity index is 1730. The molecule has 0 radical (unpaired) electrons. The first-order valence-corrected chi connectivity index (χ1v) is 16.1.